The second-order valence-electron chi connectivity index (χ2n) is 6.20. The molecular weight excluding hydrogens is 412 g/mol. The zero-order valence-electron chi connectivity index (χ0n) is 16.3. The number of amides is 1. The molecule has 1 amide bonds. The van der Waals surface area contributed by atoms with Gasteiger partial charge in [0, 0.05) is 30.4 Å². The minimum Gasteiger partial charge on any atom is -0.452 e. The maximum Gasteiger partial charge on any atom is 0.338 e. The van der Waals surface area contributed by atoms with Gasteiger partial charge in [-0.3, -0.25) is 14.9 Å². The Morgan fingerprint density at radius 1 is 1.30 bits per heavy atom. The largest absolute Gasteiger partial charge is 0.452 e. The lowest BCUT2D eigenvalue weighted by atomic mass is 10.1. The second-order valence-corrected chi connectivity index (χ2v) is 6.61. The van der Waals surface area contributed by atoms with Gasteiger partial charge < -0.3 is 15.0 Å². The van der Waals surface area contributed by atoms with Crippen molar-refractivity contribution in [3.63, 3.8) is 0 Å². The van der Waals surface area contributed by atoms with Crippen molar-refractivity contribution in [2.24, 2.45) is 0 Å². The molecule has 0 radical (unpaired) electrons. The Labute approximate surface area is 178 Å². The molecule has 30 heavy (non-hydrogen) atoms. The van der Waals surface area contributed by atoms with E-state index in [0.29, 0.717) is 10.7 Å². The van der Waals surface area contributed by atoms with Crippen LogP contribution in [0.2, 0.25) is 5.02 Å². The summed E-state index contributed by atoms with van der Waals surface area (Å²) in [5, 5.41) is 23.2. The highest BCUT2D eigenvalue weighted by Gasteiger charge is 2.21. The fraction of sp³-hybridized carbons (Fsp3) is 0.250. The minimum absolute atomic E-state index is 0.0561. The SMILES string of the molecule is CNc1ccc(C(=O)OCC(=O)N(CCC#N)c2ccc(Cl)c(C)c2)cc1[N+](=O)[O-]. The van der Waals surface area contributed by atoms with Crippen LogP contribution in [0.3, 0.4) is 0 Å². The van der Waals surface area contributed by atoms with Gasteiger partial charge in [0.25, 0.3) is 11.6 Å². The van der Waals surface area contributed by atoms with Crippen molar-refractivity contribution in [3.8, 4) is 6.07 Å². The normalized spacial score (nSPS) is 10.1. The Morgan fingerprint density at radius 3 is 2.63 bits per heavy atom. The monoisotopic (exact) mass is 430 g/mol. The number of nitro groups is 1. The summed E-state index contributed by atoms with van der Waals surface area (Å²) in [6, 6.07) is 10.7. The van der Waals surface area contributed by atoms with Crippen molar-refractivity contribution in [3.05, 3.63) is 62.7 Å². The number of nitriles is 1. The van der Waals surface area contributed by atoms with E-state index < -0.39 is 23.4 Å². The molecule has 0 fully saturated rings. The summed E-state index contributed by atoms with van der Waals surface area (Å²) in [6.45, 7) is 1.30. The van der Waals surface area contributed by atoms with Crippen LogP contribution >= 0.6 is 11.6 Å². The molecule has 0 saturated carbocycles. The van der Waals surface area contributed by atoms with Gasteiger partial charge in [-0.15, -0.1) is 0 Å². The zero-order valence-corrected chi connectivity index (χ0v) is 17.1. The highest BCUT2D eigenvalue weighted by molar-refractivity contribution is 6.31. The zero-order chi connectivity index (χ0) is 22.3. The van der Waals surface area contributed by atoms with Crippen LogP contribution < -0.4 is 10.2 Å². The third-order valence-corrected chi connectivity index (χ3v) is 4.65. The molecule has 0 aliphatic heterocycles. The molecule has 0 saturated heterocycles. The Kier molecular flexibility index (Phi) is 7.72. The van der Waals surface area contributed by atoms with Crippen molar-refractivity contribution in [2.75, 3.05) is 30.4 Å². The third kappa shape index (κ3) is 5.46. The predicted molar refractivity (Wildman–Crippen MR) is 112 cm³/mol. The summed E-state index contributed by atoms with van der Waals surface area (Å²) in [5.41, 5.74) is 1.17. The van der Waals surface area contributed by atoms with Crippen molar-refractivity contribution < 1.29 is 19.2 Å². The maximum atomic E-state index is 12.6. The van der Waals surface area contributed by atoms with Crippen LogP contribution in [0.15, 0.2) is 36.4 Å². The summed E-state index contributed by atoms with van der Waals surface area (Å²) in [4.78, 5) is 36.8. The standard InChI is InChI=1S/C20H19ClN4O5/c1-13-10-15(5-6-16(13)21)24(9-3-8-22)19(26)12-30-20(27)14-4-7-17(23-2)18(11-14)25(28)29/h4-7,10-11,23H,3,9,12H2,1-2H3. The van der Waals surface area contributed by atoms with Crippen LogP contribution in [0.1, 0.15) is 22.3 Å². The van der Waals surface area contributed by atoms with Crippen molar-refractivity contribution in [1.82, 2.24) is 0 Å². The molecule has 0 aromatic heterocycles. The van der Waals surface area contributed by atoms with E-state index in [9.17, 15) is 19.7 Å². The van der Waals surface area contributed by atoms with Crippen LogP contribution in [0.4, 0.5) is 17.1 Å². The molecule has 1 N–H and O–H groups in total. The number of anilines is 2. The average molecular weight is 431 g/mol. The van der Waals surface area contributed by atoms with Crippen LogP contribution in [0, 0.1) is 28.4 Å². The highest BCUT2D eigenvalue weighted by Crippen LogP contribution is 2.26. The summed E-state index contributed by atoms with van der Waals surface area (Å²) in [6.07, 6.45) is 0.0824. The summed E-state index contributed by atoms with van der Waals surface area (Å²) in [5.74, 6) is -1.41. The second kappa shape index (κ2) is 10.2. The van der Waals surface area contributed by atoms with Gasteiger partial charge in [0.1, 0.15) is 5.69 Å². The molecule has 0 spiro atoms. The van der Waals surface area contributed by atoms with Gasteiger partial charge in [0.15, 0.2) is 6.61 Å². The fourth-order valence-electron chi connectivity index (χ4n) is 2.67. The molecule has 2 aromatic rings. The number of aryl methyl sites for hydroxylation is 1. The predicted octanol–water partition coefficient (Wildman–Crippen LogP) is 3.70. The first kappa shape index (κ1) is 22.6. The maximum absolute atomic E-state index is 12.6. The Bertz CT molecular complexity index is 1020. The quantitative estimate of drug-likeness (QED) is 0.384. The first-order valence-corrected chi connectivity index (χ1v) is 9.23. The number of nitrogens with zero attached hydrogens (tertiary/aromatic N) is 3. The van der Waals surface area contributed by atoms with E-state index in [1.54, 1.807) is 25.1 Å². The lowest BCUT2D eigenvalue weighted by molar-refractivity contribution is -0.384. The molecule has 2 aromatic carbocycles. The number of rotatable bonds is 8. The van der Waals surface area contributed by atoms with Gasteiger partial charge in [-0.1, -0.05) is 11.6 Å². The molecule has 0 aliphatic rings. The van der Waals surface area contributed by atoms with E-state index in [1.807, 2.05) is 6.07 Å². The first-order valence-electron chi connectivity index (χ1n) is 8.85. The van der Waals surface area contributed by atoms with E-state index in [2.05, 4.69) is 5.32 Å². The number of nitrogens with one attached hydrogen (secondary N) is 1. The van der Waals surface area contributed by atoms with Gasteiger partial charge in [-0.05, 0) is 42.8 Å². The van der Waals surface area contributed by atoms with Gasteiger partial charge >= 0.3 is 5.97 Å². The molecule has 2 rings (SSSR count). The third-order valence-electron chi connectivity index (χ3n) is 4.23. The van der Waals surface area contributed by atoms with Gasteiger partial charge in [0.05, 0.1) is 23.0 Å². The molecule has 0 heterocycles. The van der Waals surface area contributed by atoms with E-state index in [4.69, 9.17) is 21.6 Å². The van der Waals surface area contributed by atoms with Crippen molar-refractivity contribution >= 4 is 40.5 Å². The lowest BCUT2D eigenvalue weighted by Gasteiger charge is -2.22. The molecule has 9 nitrogen and oxygen atoms in total. The molecular formula is C20H19ClN4O5. The van der Waals surface area contributed by atoms with Crippen LogP contribution in [0.25, 0.3) is 0 Å². The van der Waals surface area contributed by atoms with Crippen LogP contribution in [0.5, 0.6) is 0 Å². The molecule has 156 valence electrons. The number of carbonyl (C=O) groups is 2. The van der Waals surface area contributed by atoms with Crippen molar-refractivity contribution in [2.45, 2.75) is 13.3 Å². The number of halogens is 1. The number of hydrogen-bond acceptors (Lipinski definition) is 7. The van der Waals surface area contributed by atoms with Crippen molar-refractivity contribution in [1.29, 1.82) is 5.26 Å². The highest BCUT2D eigenvalue weighted by atomic mass is 35.5. The smallest absolute Gasteiger partial charge is 0.338 e. The summed E-state index contributed by atoms with van der Waals surface area (Å²) >= 11 is 6.02. The van der Waals surface area contributed by atoms with Gasteiger partial charge in [0.2, 0.25) is 0 Å². The Morgan fingerprint density at radius 2 is 2.03 bits per heavy atom. The molecule has 10 heteroatoms. The van der Waals surface area contributed by atoms with E-state index >= 15 is 0 Å². The number of carbonyl (C=O) groups excluding carboxylic acids is 2. The number of esters is 1. The minimum atomic E-state index is -0.873. The molecule has 0 aliphatic carbocycles. The topological polar surface area (TPSA) is 126 Å². The summed E-state index contributed by atoms with van der Waals surface area (Å²) in [7, 11) is 1.52. The van der Waals surface area contributed by atoms with Crippen LogP contribution in [-0.2, 0) is 9.53 Å². The van der Waals surface area contributed by atoms with E-state index in [0.717, 1.165) is 11.6 Å². The summed E-state index contributed by atoms with van der Waals surface area (Å²) < 4.78 is 5.05. The van der Waals surface area contributed by atoms with Crippen LogP contribution in [-0.4, -0.2) is 37.0 Å². The molecule has 0 unspecified atom stereocenters. The average Bonchev–Trinajstić information content (AvgIpc) is 2.74. The Hall–Kier alpha value is -3.64. The van der Waals surface area contributed by atoms with Gasteiger partial charge in [-0.25, -0.2) is 4.79 Å². The number of ether oxygens (including phenoxy) is 1. The molecule has 0 bridgehead atoms. The number of hydrogen-bond donors (Lipinski definition) is 1. The number of nitro benzene ring substituents is 1. The van der Waals surface area contributed by atoms with Gasteiger partial charge in [-0.2, -0.15) is 5.26 Å². The molecule has 0 atom stereocenters. The number of benzene rings is 2. The lowest BCUT2D eigenvalue weighted by Crippen LogP contribution is -2.35. The van der Waals surface area contributed by atoms with E-state index in [1.165, 1.54) is 24.1 Å². The Balaban J connectivity index is 2.15. The first-order chi connectivity index (χ1) is 14.3. The van der Waals surface area contributed by atoms with E-state index in [-0.39, 0.29) is 29.9 Å². The fourth-order valence-corrected chi connectivity index (χ4v) is 2.78.